The second-order valence-electron chi connectivity index (χ2n) is 5.72. The molecule has 1 saturated heterocycles. The topological polar surface area (TPSA) is 55.6 Å². The number of nitrogens with zero attached hydrogens (tertiary/aromatic N) is 1. The molecule has 1 aliphatic heterocycles. The molecular formula is C13H26N2O2. The molecule has 1 rings (SSSR count). The highest BCUT2D eigenvalue weighted by atomic mass is 16.5. The number of carbonyl (C=O) groups is 1. The summed E-state index contributed by atoms with van der Waals surface area (Å²) in [6.07, 6.45) is 2.50. The van der Waals surface area contributed by atoms with Gasteiger partial charge in [-0.05, 0) is 27.2 Å². The van der Waals surface area contributed by atoms with Crippen molar-refractivity contribution in [1.82, 2.24) is 4.90 Å². The van der Waals surface area contributed by atoms with Crippen molar-refractivity contribution in [1.29, 1.82) is 0 Å². The van der Waals surface area contributed by atoms with Gasteiger partial charge < -0.3 is 15.4 Å². The van der Waals surface area contributed by atoms with Crippen molar-refractivity contribution in [2.24, 2.45) is 5.73 Å². The number of amides is 1. The fraction of sp³-hybridized carbons (Fsp3) is 0.923. The molecule has 17 heavy (non-hydrogen) atoms. The number of hydrogen-bond acceptors (Lipinski definition) is 3. The standard InChI is InChI=1S/C13H26N2O2/c1-5-6-11(14)7-12(16)15-8-10(2)17-13(3,4)9-15/h10-11H,5-9,14H2,1-4H3. The highest BCUT2D eigenvalue weighted by Gasteiger charge is 2.33. The molecule has 1 aliphatic rings. The molecule has 1 fully saturated rings. The minimum Gasteiger partial charge on any atom is -0.369 e. The van der Waals surface area contributed by atoms with E-state index in [1.807, 2.05) is 25.7 Å². The summed E-state index contributed by atoms with van der Waals surface area (Å²) in [6, 6.07) is -0.00577. The van der Waals surface area contributed by atoms with Crippen LogP contribution < -0.4 is 5.73 Å². The maximum absolute atomic E-state index is 12.1. The molecule has 0 saturated carbocycles. The van der Waals surface area contributed by atoms with E-state index in [1.54, 1.807) is 0 Å². The molecule has 0 aromatic rings. The van der Waals surface area contributed by atoms with E-state index >= 15 is 0 Å². The second-order valence-corrected chi connectivity index (χ2v) is 5.72. The normalized spacial score (nSPS) is 25.7. The van der Waals surface area contributed by atoms with E-state index in [4.69, 9.17) is 10.5 Å². The van der Waals surface area contributed by atoms with Crippen molar-refractivity contribution in [2.75, 3.05) is 13.1 Å². The van der Waals surface area contributed by atoms with Crippen molar-refractivity contribution in [2.45, 2.75) is 64.7 Å². The van der Waals surface area contributed by atoms with E-state index in [1.165, 1.54) is 0 Å². The van der Waals surface area contributed by atoms with Crippen molar-refractivity contribution in [3.63, 3.8) is 0 Å². The molecule has 2 N–H and O–H groups in total. The summed E-state index contributed by atoms with van der Waals surface area (Å²) in [6.45, 7) is 9.48. The summed E-state index contributed by atoms with van der Waals surface area (Å²) in [4.78, 5) is 14.0. The molecule has 0 aliphatic carbocycles. The third-order valence-corrected chi connectivity index (χ3v) is 3.02. The summed E-state index contributed by atoms with van der Waals surface area (Å²) in [5.74, 6) is 0.161. The Morgan fingerprint density at radius 1 is 1.59 bits per heavy atom. The van der Waals surface area contributed by atoms with Crippen molar-refractivity contribution >= 4 is 5.91 Å². The zero-order valence-corrected chi connectivity index (χ0v) is 11.5. The first kappa shape index (κ1) is 14.5. The summed E-state index contributed by atoms with van der Waals surface area (Å²) >= 11 is 0. The van der Waals surface area contributed by atoms with Crippen LogP contribution in [-0.2, 0) is 9.53 Å². The van der Waals surface area contributed by atoms with E-state index in [2.05, 4.69) is 6.92 Å². The van der Waals surface area contributed by atoms with Crippen molar-refractivity contribution in [3.8, 4) is 0 Å². The monoisotopic (exact) mass is 242 g/mol. The smallest absolute Gasteiger partial charge is 0.224 e. The first-order valence-corrected chi connectivity index (χ1v) is 6.55. The molecular weight excluding hydrogens is 216 g/mol. The third-order valence-electron chi connectivity index (χ3n) is 3.02. The molecule has 0 aromatic heterocycles. The van der Waals surface area contributed by atoms with Crippen LogP contribution in [0.1, 0.15) is 47.0 Å². The molecule has 0 radical (unpaired) electrons. The van der Waals surface area contributed by atoms with Crippen LogP contribution in [0.3, 0.4) is 0 Å². The van der Waals surface area contributed by atoms with Gasteiger partial charge in [0, 0.05) is 25.6 Å². The average molecular weight is 242 g/mol. The Kier molecular flexibility index (Phi) is 4.95. The highest BCUT2D eigenvalue weighted by molar-refractivity contribution is 5.77. The first-order valence-electron chi connectivity index (χ1n) is 6.55. The lowest BCUT2D eigenvalue weighted by molar-refractivity contribution is -0.158. The SMILES string of the molecule is CCCC(N)CC(=O)N1CC(C)OC(C)(C)C1. The minimum atomic E-state index is -0.248. The van der Waals surface area contributed by atoms with E-state index in [-0.39, 0.29) is 23.7 Å². The zero-order chi connectivity index (χ0) is 13.1. The Labute approximate surface area is 104 Å². The molecule has 0 bridgehead atoms. The van der Waals surface area contributed by atoms with Gasteiger partial charge in [-0.1, -0.05) is 13.3 Å². The Morgan fingerprint density at radius 2 is 2.24 bits per heavy atom. The first-order chi connectivity index (χ1) is 7.84. The van der Waals surface area contributed by atoms with Crippen LogP contribution >= 0.6 is 0 Å². The van der Waals surface area contributed by atoms with Crippen LogP contribution in [0.25, 0.3) is 0 Å². The second kappa shape index (κ2) is 5.83. The predicted octanol–water partition coefficient (Wildman–Crippen LogP) is 1.53. The van der Waals surface area contributed by atoms with Gasteiger partial charge in [-0.2, -0.15) is 0 Å². The van der Waals surface area contributed by atoms with Gasteiger partial charge in [0.1, 0.15) is 0 Å². The van der Waals surface area contributed by atoms with E-state index in [0.717, 1.165) is 12.8 Å². The van der Waals surface area contributed by atoms with Gasteiger partial charge in [0.25, 0.3) is 0 Å². The Hall–Kier alpha value is -0.610. The molecule has 0 spiro atoms. The summed E-state index contributed by atoms with van der Waals surface area (Å²) in [5, 5.41) is 0. The van der Waals surface area contributed by atoms with Crippen LogP contribution in [0.5, 0.6) is 0 Å². The number of nitrogens with two attached hydrogens (primary N) is 1. The predicted molar refractivity (Wildman–Crippen MR) is 68.7 cm³/mol. The molecule has 2 atom stereocenters. The van der Waals surface area contributed by atoms with Gasteiger partial charge in [0.2, 0.25) is 5.91 Å². The van der Waals surface area contributed by atoms with Crippen molar-refractivity contribution in [3.05, 3.63) is 0 Å². The van der Waals surface area contributed by atoms with Gasteiger partial charge in [-0.15, -0.1) is 0 Å². The third kappa shape index (κ3) is 4.64. The van der Waals surface area contributed by atoms with Gasteiger partial charge in [-0.25, -0.2) is 0 Å². The molecule has 1 amide bonds. The quantitative estimate of drug-likeness (QED) is 0.813. The lowest BCUT2D eigenvalue weighted by Crippen LogP contribution is -2.54. The average Bonchev–Trinajstić information content (AvgIpc) is 2.14. The fourth-order valence-electron chi connectivity index (χ4n) is 2.47. The van der Waals surface area contributed by atoms with Crippen LogP contribution in [0, 0.1) is 0 Å². The van der Waals surface area contributed by atoms with E-state index < -0.39 is 0 Å². The highest BCUT2D eigenvalue weighted by Crippen LogP contribution is 2.21. The lowest BCUT2D eigenvalue weighted by atomic mass is 10.0. The van der Waals surface area contributed by atoms with Crippen molar-refractivity contribution < 1.29 is 9.53 Å². The Balaban J connectivity index is 2.51. The molecule has 100 valence electrons. The summed E-state index contributed by atoms with van der Waals surface area (Å²) < 4.78 is 5.78. The minimum absolute atomic E-state index is 0.00577. The zero-order valence-electron chi connectivity index (χ0n) is 11.5. The number of carbonyl (C=O) groups excluding carboxylic acids is 1. The van der Waals surface area contributed by atoms with Crippen LogP contribution in [0.4, 0.5) is 0 Å². The van der Waals surface area contributed by atoms with Gasteiger partial charge in [0.05, 0.1) is 11.7 Å². The largest absolute Gasteiger partial charge is 0.369 e. The molecule has 4 heteroatoms. The van der Waals surface area contributed by atoms with Gasteiger partial charge in [0.15, 0.2) is 0 Å². The number of rotatable bonds is 4. The maximum Gasteiger partial charge on any atom is 0.224 e. The Bertz CT molecular complexity index is 266. The molecule has 1 heterocycles. The lowest BCUT2D eigenvalue weighted by Gasteiger charge is -2.42. The Morgan fingerprint density at radius 3 is 2.76 bits per heavy atom. The van der Waals surface area contributed by atoms with Gasteiger partial charge in [-0.3, -0.25) is 4.79 Å². The molecule has 0 aromatic carbocycles. The number of morpholine rings is 1. The van der Waals surface area contributed by atoms with E-state index in [9.17, 15) is 4.79 Å². The molecule has 4 nitrogen and oxygen atoms in total. The maximum atomic E-state index is 12.1. The van der Waals surface area contributed by atoms with E-state index in [0.29, 0.717) is 19.5 Å². The van der Waals surface area contributed by atoms with Gasteiger partial charge >= 0.3 is 0 Å². The summed E-state index contributed by atoms with van der Waals surface area (Å²) in [5.41, 5.74) is 5.67. The van der Waals surface area contributed by atoms with Crippen LogP contribution in [-0.4, -0.2) is 41.6 Å². The van der Waals surface area contributed by atoms with Crippen LogP contribution in [0.15, 0.2) is 0 Å². The van der Waals surface area contributed by atoms with Crippen LogP contribution in [0.2, 0.25) is 0 Å². The fourth-order valence-corrected chi connectivity index (χ4v) is 2.47. The molecule has 2 unspecified atom stereocenters. The number of ether oxygens (including phenoxy) is 1. The number of hydrogen-bond donors (Lipinski definition) is 1. The summed E-state index contributed by atoms with van der Waals surface area (Å²) in [7, 11) is 0.